The van der Waals surface area contributed by atoms with Crippen LogP contribution in [-0.4, -0.2) is 27.0 Å². The fraction of sp³-hybridized carbons (Fsp3) is 0.710. The van der Waals surface area contributed by atoms with Crippen molar-refractivity contribution in [1.29, 1.82) is 0 Å². The number of ether oxygens (including phenoxy) is 1. The number of carbonyl (C=O) groups excluding carboxylic acids is 1. The minimum absolute atomic E-state index is 0.128. The maximum absolute atomic E-state index is 13.2. The van der Waals surface area contributed by atoms with Gasteiger partial charge in [0.25, 0.3) is 0 Å². The fourth-order valence-corrected chi connectivity index (χ4v) is 5.70. The zero-order valence-corrected chi connectivity index (χ0v) is 25.4. The summed E-state index contributed by atoms with van der Waals surface area (Å²) in [5.41, 5.74) is 1.74. The molecule has 2 rings (SSSR count). The van der Waals surface area contributed by atoms with Crippen LogP contribution in [0, 0.1) is 29.1 Å². The quantitative estimate of drug-likeness (QED) is 0.264. The maximum Gasteiger partial charge on any atom is 0.311 e. The van der Waals surface area contributed by atoms with Crippen molar-refractivity contribution >= 4 is 19.9 Å². The van der Waals surface area contributed by atoms with Gasteiger partial charge in [0.2, 0.25) is 0 Å². The van der Waals surface area contributed by atoms with Crippen LogP contribution in [0.3, 0.4) is 0 Å². The van der Waals surface area contributed by atoms with Crippen LogP contribution >= 0.6 is 0 Å². The van der Waals surface area contributed by atoms with Crippen molar-refractivity contribution in [3.05, 3.63) is 42.0 Å². The Balaban J connectivity index is 2.53. The van der Waals surface area contributed by atoms with Gasteiger partial charge in [0.15, 0.2) is 8.32 Å². The normalized spacial score (nSPS) is 23.3. The standard InChI is InChI=1S/C31H52O3Si/c1-22(2)26-18-17-23(3)19-27(26)28(34-29(32)30(4,5)6)20-25(24-15-13-12-14-16-24)21-33-35(10,11)31(7,8)9/h12-16,20,22-23,26-28H,17-19,21H2,1-11H3/b25-20-/t23-,26+,27-,28+/m1/s1. The van der Waals surface area contributed by atoms with Crippen LogP contribution in [-0.2, 0) is 14.0 Å². The van der Waals surface area contributed by atoms with E-state index < -0.39 is 13.7 Å². The summed E-state index contributed by atoms with van der Waals surface area (Å²) in [5.74, 6) is 1.93. The van der Waals surface area contributed by atoms with E-state index >= 15 is 0 Å². The number of rotatable bonds is 8. The lowest BCUT2D eigenvalue weighted by Crippen LogP contribution is -2.41. The molecule has 1 aliphatic rings. The second-order valence-electron chi connectivity index (χ2n) is 13.7. The van der Waals surface area contributed by atoms with Gasteiger partial charge >= 0.3 is 5.97 Å². The van der Waals surface area contributed by atoms with Gasteiger partial charge in [-0.05, 0) is 86.7 Å². The molecular weight excluding hydrogens is 448 g/mol. The van der Waals surface area contributed by atoms with Crippen molar-refractivity contribution in [1.82, 2.24) is 0 Å². The van der Waals surface area contributed by atoms with Crippen LogP contribution in [0.5, 0.6) is 0 Å². The first-order valence-electron chi connectivity index (χ1n) is 13.6. The zero-order valence-electron chi connectivity index (χ0n) is 24.4. The molecule has 0 heterocycles. The Morgan fingerprint density at radius 1 is 1.03 bits per heavy atom. The van der Waals surface area contributed by atoms with Crippen molar-refractivity contribution in [3.8, 4) is 0 Å². The van der Waals surface area contributed by atoms with Gasteiger partial charge in [-0.15, -0.1) is 0 Å². The van der Waals surface area contributed by atoms with Gasteiger partial charge in [-0.3, -0.25) is 4.79 Å². The molecule has 4 atom stereocenters. The summed E-state index contributed by atoms with van der Waals surface area (Å²) in [6.07, 6.45) is 5.53. The average molecular weight is 501 g/mol. The summed E-state index contributed by atoms with van der Waals surface area (Å²) in [5, 5.41) is 0.133. The molecule has 0 unspecified atom stereocenters. The molecule has 1 aromatic carbocycles. The second-order valence-corrected chi connectivity index (χ2v) is 18.5. The molecule has 35 heavy (non-hydrogen) atoms. The van der Waals surface area contributed by atoms with Gasteiger partial charge in [0.05, 0.1) is 12.0 Å². The number of carbonyl (C=O) groups is 1. The van der Waals surface area contributed by atoms with Gasteiger partial charge < -0.3 is 9.16 Å². The molecule has 4 heteroatoms. The zero-order chi connectivity index (χ0) is 26.6. The van der Waals surface area contributed by atoms with Gasteiger partial charge in [-0.2, -0.15) is 0 Å². The van der Waals surface area contributed by atoms with E-state index in [0.29, 0.717) is 30.3 Å². The lowest BCUT2D eigenvalue weighted by Gasteiger charge is -2.41. The highest BCUT2D eigenvalue weighted by Gasteiger charge is 2.40. The number of esters is 1. The monoisotopic (exact) mass is 500 g/mol. The highest BCUT2D eigenvalue weighted by atomic mass is 28.4. The SMILES string of the molecule is CC(C)[C@@H]1CC[C@@H](C)C[C@H]1[C@H](/C=C(/CO[Si](C)(C)C(C)(C)C)c1ccccc1)OC(=O)C(C)(C)C. The van der Waals surface area contributed by atoms with E-state index in [9.17, 15) is 4.79 Å². The Morgan fingerprint density at radius 2 is 1.63 bits per heavy atom. The minimum Gasteiger partial charge on any atom is -0.457 e. The lowest BCUT2D eigenvalue weighted by molar-refractivity contribution is -0.161. The van der Waals surface area contributed by atoms with E-state index in [2.05, 4.69) is 85.0 Å². The number of hydrogen-bond acceptors (Lipinski definition) is 3. The molecule has 1 aromatic rings. The highest BCUT2D eigenvalue weighted by Crippen LogP contribution is 2.42. The summed E-state index contributed by atoms with van der Waals surface area (Å²) >= 11 is 0. The highest BCUT2D eigenvalue weighted by molar-refractivity contribution is 6.74. The Hall–Kier alpha value is -1.39. The largest absolute Gasteiger partial charge is 0.457 e. The molecule has 0 saturated heterocycles. The van der Waals surface area contributed by atoms with Crippen LogP contribution in [0.25, 0.3) is 5.57 Å². The average Bonchev–Trinajstić information content (AvgIpc) is 2.74. The molecule has 3 nitrogen and oxygen atoms in total. The number of benzene rings is 1. The molecule has 1 saturated carbocycles. The first-order valence-corrected chi connectivity index (χ1v) is 16.5. The third-order valence-corrected chi connectivity index (χ3v) is 12.7. The summed E-state index contributed by atoms with van der Waals surface area (Å²) in [4.78, 5) is 13.2. The van der Waals surface area contributed by atoms with Crippen LogP contribution in [0.4, 0.5) is 0 Å². The van der Waals surface area contributed by atoms with Crippen molar-refractivity contribution in [2.24, 2.45) is 29.1 Å². The Bertz CT molecular complexity index is 842. The van der Waals surface area contributed by atoms with Crippen LogP contribution in [0.2, 0.25) is 18.1 Å². The molecule has 0 aromatic heterocycles. The molecule has 198 valence electrons. The predicted molar refractivity (Wildman–Crippen MR) is 152 cm³/mol. The van der Waals surface area contributed by atoms with Crippen LogP contribution in [0.15, 0.2) is 36.4 Å². The first kappa shape index (κ1) is 29.8. The smallest absolute Gasteiger partial charge is 0.311 e. The van der Waals surface area contributed by atoms with Gasteiger partial charge in [0.1, 0.15) is 6.10 Å². The summed E-state index contributed by atoms with van der Waals surface area (Å²) in [7, 11) is -1.94. The molecule has 1 aliphatic carbocycles. The van der Waals surface area contributed by atoms with Gasteiger partial charge in [-0.25, -0.2) is 0 Å². The van der Waals surface area contributed by atoms with E-state index in [1.807, 2.05) is 26.8 Å². The van der Waals surface area contributed by atoms with Gasteiger partial charge in [-0.1, -0.05) is 78.3 Å². The van der Waals surface area contributed by atoms with Crippen molar-refractivity contribution in [3.63, 3.8) is 0 Å². The first-order chi connectivity index (χ1) is 16.0. The van der Waals surface area contributed by atoms with E-state index in [1.54, 1.807) is 0 Å². The molecule has 0 amide bonds. The lowest BCUT2D eigenvalue weighted by atomic mass is 9.67. The van der Waals surface area contributed by atoms with Crippen molar-refractivity contribution in [2.45, 2.75) is 106 Å². The molecule has 0 bridgehead atoms. The maximum atomic E-state index is 13.2. The molecule has 1 fully saturated rings. The summed E-state index contributed by atoms with van der Waals surface area (Å²) in [6.45, 7) is 24.8. The molecular formula is C31H52O3Si. The van der Waals surface area contributed by atoms with Crippen molar-refractivity contribution in [2.75, 3.05) is 6.61 Å². The third-order valence-electron chi connectivity index (χ3n) is 8.26. The minimum atomic E-state index is -1.94. The number of hydrogen-bond donors (Lipinski definition) is 0. The topological polar surface area (TPSA) is 35.5 Å². The summed E-state index contributed by atoms with van der Waals surface area (Å²) < 4.78 is 13.1. The molecule has 0 radical (unpaired) electrons. The fourth-order valence-electron chi connectivity index (χ4n) is 4.75. The molecule has 0 aliphatic heterocycles. The second kappa shape index (κ2) is 11.8. The summed E-state index contributed by atoms with van der Waals surface area (Å²) in [6, 6.07) is 10.5. The van der Waals surface area contributed by atoms with E-state index in [1.165, 1.54) is 12.8 Å². The van der Waals surface area contributed by atoms with E-state index in [-0.39, 0.29) is 17.1 Å². The van der Waals surface area contributed by atoms with Gasteiger partial charge in [0, 0.05) is 5.92 Å². The van der Waals surface area contributed by atoms with Crippen LogP contribution < -0.4 is 0 Å². The third kappa shape index (κ3) is 8.32. The van der Waals surface area contributed by atoms with E-state index in [4.69, 9.17) is 9.16 Å². The Labute approximate surface area is 217 Å². The van der Waals surface area contributed by atoms with Crippen molar-refractivity contribution < 1.29 is 14.0 Å². The van der Waals surface area contributed by atoms with E-state index in [0.717, 1.165) is 17.6 Å². The van der Waals surface area contributed by atoms with Crippen LogP contribution in [0.1, 0.15) is 87.1 Å². The molecule has 0 spiro atoms. The predicted octanol–water partition coefficient (Wildman–Crippen LogP) is 8.76. The Morgan fingerprint density at radius 3 is 2.14 bits per heavy atom. The Kier molecular flexibility index (Phi) is 10.0. The molecule has 0 N–H and O–H groups in total.